The van der Waals surface area contributed by atoms with Crippen LogP contribution in [0.2, 0.25) is 0 Å². The minimum absolute atomic E-state index is 0.192. The number of epoxide rings is 1. The van der Waals surface area contributed by atoms with Crippen LogP contribution in [0.5, 0.6) is 0 Å². The van der Waals surface area contributed by atoms with Gasteiger partial charge in [0.1, 0.15) is 6.10 Å². The normalized spacial score (nSPS) is 31.3. The summed E-state index contributed by atoms with van der Waals surface area (Å²) in [6.07, 6.45) is 3.88. The highest BCUT2D eigenvalue weighted by Crippen LogP contribution is 2.38. The van der Waals surface area contributed by atoms with Crippen molar-refractivity contribution in [2.75, 3.05) is 39.6 Å². The average Bonchev–Trinajstić information content (AvgIpc) is 3.23. The van der Waals surface area contributed by atoms with Gasteiger partial charge >= 0.3 is 0 Å². The number of hydrogen-bond acceptors (Lipinski definition) is 5. The van der Waals surface area contributed by atoms with Gasteiger partial charge in [-0.2, -0.15) is 0 Å². The molecule has 2 atom stereocenters. The minimum Gasteiger partial charge on any atom is -0.379 e. The Morgan fingerprint density at radius 3 is 2.52 bits per heavy atom. The maximum absolute atomic E-state index is 6.01. The predicted octanol–water partition coefficient (Wildman–Crippen LogP) is 2.52. The lowest BCUT2D eigenvalue weighted by Gasteiger charge is -2.45. The number of rotatable bonds is 10. The van der Waals surface area contributed by atoms with Gasteiger partial charge < -0.3 is 23.7 Å². The van der Waals surface area contributed by atoms with Gasteiger partial charge in [-0.3, -0.25) is 0 Å². The third-order valence-corrected chi connectivity index (χ3v) is 4.09. The van der Waals surface area contributed by atoms with Gasteiger partial charge in [0.05, 0.1) is 25.4 Å². The second-order valence-electron chi connectivity index (χ2n) is 6.14. The van der Waals surface area contributed by atoms with Gasteiger partial charge in [-0.15, -0.1) is 0 Å². The maximum atomic E-state index is 6.01. The van der Waals surface area contributed by atoms with Crippen LogP contribution in [0.25, 0.3) is 0 Å². The topological polar surface area (TPSA) is 49.5 Å². The Bertz CT molecular complexity index is 294. The average molecular weight is 302 g/mol. The monoisotopic (exact) mass is 302 g/mol. The SMILES string of the molecule is CCOC1(OCC)CCOC(C)(CCCOCC2CO2)C1. The highest BCUT2D eigenvalue weighted by molar-refractivity contribution is 4.89. The molecule has 0 aromatic carbocycles. The van der Waals surface area contributed by atoms with Crippen LogP contribution in [0.3, 0.4) is 0 Å². The van der Waals surface area contributed by atoms with Gasteiger partial charge in [0.2, 0.25) is 0 Å². The Hall–Kier alpha value is -0.200. The first-order chi connectivity index (χ1) is 10.1. The van der Waals surface area contributed by atoms with Crippen LogP contribution in [0.1, 0.15) is 46.5 Å². The molecule has 2 rings (SSSR count). The van der Waals surface area contributed by atoms with Crippen molar-refractivity contribution in [3.8, 4) is 0 Å². The number of ether oxygens (including phenoxy) is 5. The third-order valence-electron chi connectivity index (χ3n) is 4.09. The van der Waals surface area contributed by atoms with E-state index in [0.717, 1.165) is 45.5 Å². The van der Waals surface area contributed by atoms with Crippen molar-refractivity contribution >= 4 is 0 Å². The Balaban J connectivity index is 1.75. The molecule has 0 bridgehead atoms. The van der Waals surface area contributed by atoms with E-state index < -0.39 is 5.79 Å². The van der Waals surface area contributed by atoms with Gasteiger partial charge in [-0.1, -0.05) is 0 Å². The van der Waals surface area contributed by atoms with E-state index in [9.17, 15) is 0 Å². The van der Waals surface area contributed by atoms with E-state index in [0.29, 0.717) is 25.9 Å². The Labute approximate surface area is 128 Å². The molecule has 0 aromatic rings. The third kappa shape index (κ3) is 5.49. The fraction of sp³-hybridized carbons (Fsp3) is 1.00. The van der Waals surface area contributed by atoms with E-state index >= 15 is 0 Å². The Kier molecular flexibility index (Phi) is 6.44. The van der Waals surface area contributed by atoms with Crippen molar-refractivity contribution in [3.63, 3.8) is 0 Å². The molecule has 5 heteroatoms. The highest BCUT2D eigenvalue weighted by Gasteiger charge is 2.44. The van der Waals surface area contributed by atoms with Gasteiger partial charge in [-0.25, -0.2) is 0 Å². The summed E-state index contributed by atoms with van der Waals surface area (Å²) in [4.78, 5) is 0. The van der Waals surface area contributed by atoms with Gasteiger partial charge in [0, 0.05) is 32.7 Å². The first-order valence-electron chi connectivity index (χ1n) is 8.23. The summed E-state index contributed by atoms with van der Waals surface area (Å²) in [5.74, 6) is -0.473. The zero-order valence-electron chi connectivity index (χ0n) is 13.7. The molecule has 2 unspecified atom stereocenters. The van der Waals surface area contributed by atoms with Gasteiger partial charge in [0.15, 0.2) is 5.79 Å². The van der Waals surface area contributed by atoms with E-state index in [1.807, 2.05) is 13.8 Å². The standard InChI is InChI=1S/C16H30O5/c1-4-19-16(20-5-2)8-10-21-15(3,13-16)7-6-9-17-11-14-12-18-14/h14H,4-13H2,1-3H3. The van der Waals surface area contributed by atoms with E-state index in [4.69, 9.17) is 23.7 Å². The van der Waals surface area contributed by atoms with Crippen molar-refractivity contribution in [1.29, 1.82) is 0 Å². The van der Waals surface area contributed by atoms with Crippen LogP contribution in [0.4, 0.5) is 0 Å². The molecule has 2 aliphatic heterocycles. The molecule has 0 radical (unpaired) electrons. The Morgan fingerprint density at radius 1 is 1.19 bits per heavy atom. The van der Waals surface area contributed by atoms with E-state index in [1.165, 1.54) is 0 Å². The molecule has 124 valence electrons. The van der Waals surface area contributed by atoms with Crippen LogP contribution in [-0.4, -0.2) is 57.1 Å². The molecule has 0 aliphatic carbocycles. The molecule has 0 spiro atoms. The first kappa shape index (κ1) is 17.2. The molecule has 0 saturated carbocycles. The van der Waals surface area contributed by atoms with Gasteiger partial charge in [-0.05, 0) is 33.6 Å². The molecule has 2 fully saturated rings. The predicted molar refractivity (Wildman–Crippen MR) is 79.4 cm³/mol. The van der Waals surface area contributed by atoms with Crippen LogP contribution in [0, 0.1) is 0 Å². The first-order valence-corrected chi connectivity index (χ1v) is 8.23. The molecule has 21 heavy (non-hydrogen) atoms. The molecule has 0 aromatic heterocycles. The molecule has 0 N–H and O–H groups in total. The van der Waals surface area contributed by atoms with Crippen molar-refractivity contribution in [2.24, 2.45) is 0 Å². The molecular formula is C16H30O5. The smallest absolute Gasteiger partial charge is 0.173 e. The summed E-state index contributed by atoms with van der Waals surface area (Å²) in [5, 5.41) is 0. The fourth-order valence-electron chi connectivity index (χ4n) is 3.06. The van der Waals surface area contributed by atoms with Crippen LogP contribution in [0.15, 0.2) is 0 Å². The van der Waals surface area contributed by atoms with Crippen molar-refractivity contribution in [3.05, 3.63) is 0 Å². The lowest BCUT2D eigenvalue weighted by atomic mass is 9.87. The fourth-order valence-corrected chi connectivity index (χ4v) is 3.06. The molecule has 2 aliphatic rings. The summed E-state index contributed by atoms with van der Waals surface area (Å²) < 4.78 is 28.6. The van der Waals surface area contributed by atoms with Crippen LogP contribution < -0.4 is 0 Å². The summed E-state index contributed by atoms with van der Waals surface area (Å²) >= 11 is 0. The lowest BCUT2D eigenvalue weighted by molar-refractivity contribution is -0.294. The molecule has 0 amide bonds. The summed E-state index contributed by atoms with van der Waals surface area (Å²) in [7, 11) is 0. The molecular weight excluding hydrogens is 272 g/mol. The van der Waals surface area contributed by atoms with E-state index in [1.54, 1.807) is 0 Å². The zero-order valence-corrected chi connectivity index (χ0v) is 13.7. The largest absolute Gasteiger partial charge is 0.379 e. The van der Waals surface area contributed by atoms with Crippen molar-refractivity contribution < 1.29 is 23.7 Å². The second-order valence-corrected chi connectivity index (χ2v) is 6.14. The minimum atomic E-state index is -0.473. The molecule has 2 saturated heterocycles. The maximum Gasteiger partial charge on any atom is 0.173 e. The van der Waals surface area contributed by atoms with E-state index in [2.05, 4.69) is 6.92 Å². The number of hydrogen-bond donors (Lipinski definition) is 0. The Morgan fingerprint density at radius 2 is 1.90 bits per heavy atom. The van der Waals surface area contributed by atoms with Gasteiger partial charge in [0.25, 0.3) is 0 Å². The molecule has 2 heterocycles. The summed E-state index contributed by atoms with van der Waals surface area (Å²) in [5.41, 5.74) is -0.192. The summed E-state index contributed by atoms with van der Waals surface area (Å²) in [6, 6.07) is 0. The highest BCUT2D eigenvalue weighted by atomic mass is 16.7. The van der Waals surface area contributed by atoms with E-state index in [-0.39, 0.29) is 5.60 Å². The quantitative estimate of drug-likeness (QED) is 0.352. The van der Waals surface area contributed by atoms with Crippen LogP contribution >= 0.6 is 0 Å². The van der Waals surface area contributed by atoms with Crippen molar-refractivity contribution in [1.82, 2.24) is 0 Å². The molecule has 5 nitrogen and oxygen atoms in total. The second kappa shape index (κ2) is 7.88. The lowest BCUT2D eigenvalue weighted by Crippen LogP contribution is -2.50. The van der Waals surface area contributed by atoms with Crippen LogP contribution in [-0.2, 0) is 23.7 Å². The zero-order chi connectivity index (χ0) is 15.2. The van der Waals surface area contributed by atoms with Crippen molar-refractivity contribution in [2.45, 2.75) is 63.9 Å². The summed E-state index contributed by atoms with van der Waals surface area (Å²) in [6.45, 7) is 10.5.